The summed E-state index contributed by atoms with van der Waals surface area (Å²) < 4.78 is 110. The van der Waals surface area contributed by atoms with Crippen molar-refractivity contribution in [2.45, 2.75) is 39.3 Å². The molecular weight excluding hydrogens is 572 g/mol. The van der Waals surface area contributed by atoms with Crippen LogP contribution in [0.2, 0.25) is 10.0 Å². The van der Waals surface area contributed by atoms with E-state index in [1.807, 2.05) is 0 Å². The van der Waals surface area contributed by atoms with Crippen LogP contribution in [0.5, 0.6) is 0 Å². The molecule has 0 aromatic heterocycles. The molecule has 6 N–H and O–H groups in total. The van der Waals surface area contributed by atoms with Gasteiger partial charge in [0.2, 0.25) is 0 Å². The van der Waals surface area contributed by atoms with Crippen molar-refractivity contribution in [3.63, 3.8) is 0 Å². The highest BCUT2D eigenvalue weighted by Gasteiger charge is 2.34. The van der Waals surface area contributed by atoms with Crippen LogP contribution in [0.15, 0.2) is 42.5 Å². The summed E-state index contributed by atoms with van der Waals surface area (Å²) in [6.45, 7) is 4.58. The molecule has 0 unspecified atom stereocenters. The molecule has 0 saturated carbocycles. The van der Waals surface area contributed by atoms with E-state index in [2.05, 4.69) is 0 Å². The third-order valence-electron chi connectivity index (χ3n) is 4.59. The number of nitrogen functional groups attached to an aromatic ring is 3. The number of hydrogen-bond donors (Lipinski definition) is 3. The largest absolute Gasteiger partial charge is 0.417 e. The van der Waals surface area contributed by atoms with Gasteiger partial charge in [0.05, 0.1) is 38.1 Å². The van der Waals surface area contributed by atoms with E-state index in [0.29, 0.717) is 16.7 Å². The molecule has 0 bridgehead atoms. The van der Waals surface area contributed by atoms with E-state index in [4.69, 9.17) is 40.4 Å². The second-order valence-electron chi connectivity index (χ2n) is 8.04. The van der Waals surface area contributed by atoms with Gasteiger partial charge in [-0.1, -0.05) is 23.2 Å². The van der Waals surface area contributed by atoms with Crippen molar-refractivity contribution >= 4 is 40.3 Å². The van der Waals surface area contributed by atoms with Gasteiger partial charge in [-0.2, -0.15) is 39.5 Å². The van der Waals surface area contributed by atoms with Crippen LogP contribution in [-0.4, -0.2) is 0 Å². The molecule has 0 aliphatic heterocycles. The fraction of sp³-hybridized carbons (Fsp3) is 0.250. The van der Waals surface area contributed by atoms with Crippen LogP contribution >= 0.6 is 23.2 Å². The first-order valence-corrected chi connectivity index (χ1v) is 11.0. The summed E-state index contributed by atoms with van der Waals surface area (Å²) in [4.78, 5) is 0. The minimum Gasteiger partial charge on any atom is -0.399 e. The maximum absolute atomic E-state index is 12.3. The van der Waals surface area contributed by atoms with E-state index in [0.717, 1.165) is 30.3 Å². The Bertz CT molecular complexity index is 1230. The molecule has 3 aromatic carbocycles. The third kappa shape index (κ3) is 9.71. The number of alkyl halides is 9. The highest BCUT2D eigenvalue weighted by atomic mass is 35.5. The molecule has 210 valence electrons. The lowest BCUT2D eigenvalue weighted by Crippen LogP contribution is -2.07. The van der Waals surface area contributed by atoms with E-state index in [-0.39, 0.29) is 22.1 Å². The summed E-state index contributed by atoms with van der Waals surface area (Å²) in [5, 5.41) is -0.258. The van der Waals surface area contributed by atoms with Gasteiger partial charge in [0, 0.05) is 5.69 Å². The summed E-state index contributed by atoms with van der Waals surface area (Å²) in [7, 11) is 0. The van der Waals surface area contributed by atoms with Crippen molar-refractivity contribution in [1.82, 2.24) is 0 Å². The second-order valence-corrected chi connectivity index (χ2v) is 8.79. The van der Waals surface area contributed by atoms with Gasteiger partial charge in [-0.25, -0.2) is 0 Å². The second kappa shape index (κ2) is 12.2. The number of benzene rings is 3. The lowest BCUT2D eigenvalue weighted by Gasteiger charge is -2.11. The number of rotatable bonds is 0. The number of hydrogen-bond acceptors (Lipinski definition) is 3. The fourth-order valence-electron chi connectivity index (χ4n) is 2.94. The molecule has 0 radical (unpaired) electrons. The van der Waals surface area contributed by atoms with Gasteiger partial charge in [0.1, 0.15) is 0 Å². The molecule has 0 aliphatic carbocycles. The highest BCUT2D eigenvalue weighted by Crippen LogP contribution is 2.38. The van der Waals surface area contributed by atoms with E-state index >= 15 is 0 Å². The van der Waals surface area contributed by atoms with Crippen LogP contribution in [0.1, 0.15) is 33.4 Å². The first-order valence-electron chi connectivity index (χ1n) is 10.2. The normalized spacial score (nSPS) is 11.7. The summed E-state index contributed by atoms with van der Waals surface area (Å²) in [6.07, 6.45) is -13.1. The van der Waals surface area contributed by atoms with Crippen LogP contribution in [0.4, 0.5) is 56.6 Å². The molecule has 0 atom stereocenters. The standard InChI is InChI=1S/2C8H7ClF3N.C8H8F3N/c1-4-2-5(8(10,11)12)3-6(13)7(4)9;1-4-2-5(8(10,11)12)7(9)6(13)3-4;1-5-2-6(8(9,10)11)4-7(12)3-5/h2*2-3H,13H2,1H3;2-4H,12H2,1H3. The first-order chi connectivity index (χ1) is 17.0. The zero-order valence-corrected chi connectivity index (χ0v) is 21.4. The zero-order chi connectivity index (χ0) is 29.8. The molecule has 0 aliphatic rings. The van der Waals surface area contributed by atoms with E-state index in [1.165, 1.54) is 26.0 Å². The maximum atomic E-state index is 12.3. The van der Waals surface area contributed by atoms with E-state index in [9.17, 15) is 39.5 Å². The number of halogens is 11. The zero-order valence-electron chi connectivity index (χ0n) is 19.9. The summed E-state index contributed by atoms with van der Waals surface area (Å²) in [5.41, 5.74) is 14.8. The quantitative estimate of drug-likeness (QED) is 0.180. The predicted molar refractivity (Wildman–Crippen MR) is 132 cm³/mol. The van der Waals surface area contributed by atoms with Crippen LogP contribution in [-0.2, 0) is 18.5 Å². The SMILES string of the molecule is Cc1cc(C(F)(F)F)cc(N)c1Cl.Cc1cc(N)c(Cl)c(C(F)(F)F)c1.Cc1cc(N)cc(C(F)(F)F)c1. The predicted octanol–water partition coefficient (Wildman–Crippen LogP) is 9.09. The number of aryl methyl sites for hydroxylation is 3. The Labute approximate surface area is 222 Å². The van der Waals surface area contributed by atoms with Gasteiger partial charge in [-0.15, -0.1) is 0 Å². The van der Waals surface area contributed by atoms with Crippen molar-refractivity contribution in [2.75, 3.05) is 17.2 Å². The summed E-state index contributed by atoms with van der Waals surface area (Å²) in [6, 6.07) is 7.66. The minimum absolute atomic E-state index is 0.0472. The molecule has 0 spiro atoms. The topological polar surface area (TPSA) is 78.1 Å². The van der Waals surface area contributed by atoms with Gasteiger partial charge in [-0.05, 0) is 79.9 Å². The minimum atomic E-state index is -4.45. The smallest absolute Gasteiger partial charge is 0.399 e. The van der Waals surface area contributed by atoms with Crippen molar-refractivity contribution in [2.24, 2.45) is 0 Å². The molecule has 0 saturated heterocycles. The summed E-state index contributed by atoms with van der Waals surface area (Å²) in [5.74, 6) is 0. The monoisotopic (exact) mass is 593 g/mol. The molecule has 0 heterocycles. The molecular formula is C24H22Cl2F9N3. The Balaban J connectivity index is 0.000000285. The highest BCUT2D eigenvalue weighted by molar-refractivity contribution is 6.34. The molecule has 3 aromatic rings. The average molecular weight is 594 g/mol. The van der Waals surface area contributed by atoms with Crippen LogP contribution in [0.3, 0.4) is 0 Å². The lowest BCUT2D eigenvalue weighted by molar-refractivity contribution is -0.138. The lowest BCUT2D eigenvalue weighted by atomic mass is 10.1. The van der Waals surface area contributed by atoms with Crippen molar-refractivity contribution in [1.29, 1.82) is 0 Å². The van der Waals surface area contributed by atoms with Crippen LogP contribution in [0, 0.1) is 20.8 Å². The fourth-order valence-corrected chi connectivity index (χ4v) is 3.27. The van der Waals surface area contributed by atoms with E-state index in [1.54, 1.807) is 6.92 Å². The number of nitrogens with two attached hydrogens (primary N) is 3. The van der Waals surface area contributed by atoms with Crippen LogP contribution in [0.25, 0.3) is 0 Å². The third-order valence-corrected chi connectivity index (χ3v) is 5.53. The molecule has 0 amide bonds. The van der Waals surface area contributed by atoms with Gasteiger partial charge in [0.15, 0.2) is 0 Å². The molecule has 0 fully saturated rings. The summed E-state index contributed by atoms with van der Waals surface area (Å²) >= 11 is 11.0. The van der Waals surface area contributed by atoms with Gasteiger partial charge in [-0.3, -0.25) is 0 Å². The Morgan fingerprint density at radius 1 is 0.526 bits per heavy atom. The van der Waals surface area contributed by atoms with Crippen molar-refractivity contribution < 1.29 is 39.5 Å². The Hall–Kier alpha value is -2.99. The molecule has 3 nitrogen and oxygen atoms in total. The van der Waals surface area contributed by atoms with Gasteiger partial charge < -0.3 is 17.2 Å². The number of anilines is 3. The van der Waals surface area contributed by atoms with Gasteiger partial charge in [0.25, 0.3) is 0 Å². The van der Waals surface area contributed by atoms with Crippen molar-refractivity contribution in [3.8, 4) is 0 Å². The Morgan fingerprint density at radius 2 is 0.974 bits per heavy atom. The van der Waals surface area contributed by atoms with Gasteiger partial charge >= 0.3 is 18.5 Å². The first kappa shape index (κ1) is 33.0. The molecule has 3 rings (SSSR count). The Kier molecular flexibility index (Phi) is 10.6. The average Bonchev–Trinajstić information content (AvgIpc) is 2.72. The maximum Gasteiger partial charge on any atom is 0.417 e. The van der Waals surface area contributed by atoms with Crippen molar-refractivity contribution in [3.05, 3.63) is 85.9 Å². The van der Waals surface area contributed by atoms with E-state index < -0.39 is 40.2 Å². The molecule has 38 heavy (non-hydrogen) atoms. The molecule has 14 heteroatoms. The van der Waals surface area contributed by atoms with Crippen LogP contribution < -0.4 is 17.2 Å². The Morgan fingerprint density at radius 3 is 1.39 bits per heavy atom.